The number of para-hydroxylation sites is 1. The number of pyridine rings is 2. The highest BCUT2D eigenvalue weighted by Gasteiger charge is 2.12. The summed E-state index contributed by atoms with van der Waals surface area (Å²) in [5, 5.41) is 12.3. The predicted molar refractivity (Wildman–Crippen MR) is 115 cm³/mol. The average molecular weight is 394 g/mol. The molecule has 0 spiro atoms. The minimum Gasteiger partial charge on any atom is -0.355 e. The summed E-state index contributed by atoms with van der Waals surface area (Å²) < 4.78 is 1.78. The van der Waals surface area contributed by atoms with Crippen LogP contribution in [0.1, 0.15) is 15.9 Å². The van der Waals surface area contributed by atoms with Gasteiger partial charge in [-0.1, -0.05) is 41.6 Å². The van der Waals surface area contributed by atoms with E-state index in [9.17, 15) is 4.79 Å². The Kier molecular flexibility index (Phi) is 4.40. The van der Waals surface area contributed by atoms with Gasteiger partial charge in [-0.3, -0.25) is 9.78 Å². The summed E-state index contributed by atoms with van der Waals surface area (Å²) >= 11 is 0. The maximum absolute atomic E-state index is 12.0. The molecule has 5 aromatic rings. The van der Waals surface area contributed by atoms with Crippen molar-refractivity contribution in [3.63, 3.8) is 0 Å². The first kappa shape index (κ1) is 17.9. The summed E-state index contributed by atoms with van der Waals surface area (Å²) in [5.41, 5.74) is 5.60. The molecule has 1 N–H and O–H groups in total. The smallest absolute Gasteiger partial charge is 0.251 e. The van der Waals surface area contributed by atoms with Crippen LogP contribution in [-0.2, 0) is 6.54 Å². The van der Waals surface area contributed by atoms with Gasteiger partial charge in [0, 0.05) is 29.8 Å². The molecular formula is C23H18N6O. The number of nitrogens with one attached hydrogen (secondary N) is 1. The Hall–Kier alpha value is -4.13. The molecule has 2 aromatic carbocycles. The summed E-state index contributed by atoms with van der Waals surface area (Å²) in [6.45, 7) is 0.513. The van der Waals surface area contributed by atoms with Crippen molar-refractivity contribution in [2.75, 3.05) is 7.05 Å². The number of benzene rings is 2. The van der Waals surface area contributed by atoms with Crippen LogP contribution in [-0.4, -0.2) is 37.9 Å². The zero-order valence-electron chi connectivity index (χ0n) is 16.3. The first-order valence-electron chi connectivity index (χ1n) is 9.58. The van der Waals surface area contributed by atoms with Gasteiger partial charge >= 0.3 is 0 Å². The normalized spacial score (nSPS) is 11.1. The summed E-state index contributed by atoms with van der Waals surface area (Å²) in [5.74, 6) is -0.131. The Morgan fingerprint density at radius 1 is 1.03 bits per heavy atom. The van der Waals surface area contributed by atoms with E-state index in [1.165, 1.54) is 0 Å². The van der Waals surface area contributed by atoms with Crippen molar-refractivity contribution in [1.82, 2.24) is 30.3 Å². The minimum absolute atomic E-state index is 0.131. The number of carbonyl (C=O) groups excluding carboxylic acids is 1. The maximum Gasteiger partial charge on any atom is 0.251 e. The molecule has 0 fully saturated rings. The van der Waals surface area contributed by atoms with Crippen molar-refractivity contribution < 1.29 is 4.79 Å². The molecule has 0 unspecified atom stereocenters. The Balaban J connectivity index is 1.56. The van der Waals surface area contributed by atoms with Gasteiger partial charge in [0.15, 0.2) is 5.65 Å². The summed E-state index contributed by atoms with van der Waals surface area (Å²) in [4.78, 5) is 21.3. The third-order valence-electron chi connectivity index (χ3n) is 5.04. The molecule has 0 atom stereocenters. The van der Waals surface area contributed by atoms with Crippen LogP contribution in [0.4, 0.5) is 0 Å². The van der Waals surface area contributed by atoms with Crippen LogP contribution in [0.2, 0.25) is 0 Å². The Morgan fingerprint density at radius 3 is 2.80 bits per heavy atom. The molecule has 0 aliphatic rings. The van der Waals surface area contributed by atoms with E-state index in [0.29, 0.717) is 17.8 Å². The number of aromatic nitrogens is 5. The second kappa shape index (κ2) is 7.36. The van der Waals surface area contributed by atoms with Crippen molar-refractivity contribution in [3.8, 4) is 11.3 Å². The molecule has 0 saturated heterocycles. The molecule has 146 valence electrons. The first-order valence-corrected chi connectivity index (χ1v) is 9.58. The van der Waals surface area contributed by atoms with Crippen LogP contribution in [0.15, 0.2) is 72.9 Å². The second-order valence-electron chi connectivity index (χ2n) is 6.94. The minimum atomic E-state index is -0.131. The zero-order chi connectivity index (χ0) is 20.5. The molecular weight excluding hydrogens is 376 g/mol. The van der Waals surface area contributed by atoms with E-state index in [0.717, 1.165) is 33.2 Å². The molecule has 0 aliphatic carbocycles. The number of amides is 1. The molecule has 1 amide bonds. The highest BCUT2D eigenvalue weighted by Crippen LogP contribution is 2.23. The fourth-order valence-electron chi connectivity index (χ4n) is 3.54. The van der Waals surface area contributed by atoms with Gasteiger partial charge in [-0.2, -0.15) is 0 Å². The topological polar surface area (TPSA) is 85.6 Å². The average Bonchev–Trinajstić information content (AvgIpc) is 3.21. The Labute approximate surface area is 172 Å². The highest BCUT2D eigenvalue weighted by molar-refractivity contribution is 5.95. The number of rotatable bonds is 4. The van der Waals surface area contributed by atoms with E-state index < -0.39 is 0 Å². The van der Waals surface area contributed by atoms with E-state index >= 15 is 0 Å². The van der Waals surface area contributed by atoms with Crippen molar-refractivity contribution in [3.05, 3.63) is 84.1 Å². The second-order valence-corrected chi connectivity index (χ2v) is 6.94. The standard InChI is InChI=1S/C23H18N6O/c1-24-23(30)17-7-3-6-16(13-17)19-10-11-20-22(26-19)29(28-27-20)14-18-8-2-5-15-9-4-12-25-21(15)18/h2-13H,14H2,1H3,(H,24,30). The van der Waals surface area contributed by atoms with E-state index in [2.05, 4.69) is 20.6 Å². The van der Waals surface area contributed by atoms with Gasteiger partial charge in [0.1, 0.15) is 5.52 Å². The van der Waals surface area contributed by atoms with Gasteiger partial charge in [-0.05, 0) is 35.9 Å². The molecule has 7 nitrogen and oxygen atoms in total. The van der Waals surface area contributed by atoms with Gasteiger partial charge in [-0.15, -0.1) is 5.10 Å². The molecule has 30 heavy (non-hydrogen) atoms. The van der Waals surface area contributed by atoms with E-state index in [1.54, 1.807) is 24.0 Å². The van der Waals surface area contributed by atoms with Gasteiger partial charge < -0.3 is 5.32 Å². The van der Waals surface area contributed by atoms with Crippen LogP contribution in [0.3, 0.4) is 0 Å². The van der Waals surface area contributed by atoms with Crippen LogP contribution in [0.25, 0.3) is 33.3 Å². The van der Waals surface area contributed by atoms with Gasteiger partial charge in [-0.25, -0.2) is 9.67 Å². The number of nitrogens with zero attached hydrogens (tertiary/aromatic N) is 5. The largest absolute Gasteiger partial charge is 0.355 e. The van der Waals surface area contributed by atoms with Gasteiger partial charge in [0.2, 0.25) is 0 Å². The maximum atomic E-state index is 12.0. The van der Waals surface area contributed by atoms with Gasteiger partial charge in [0.05, 0.1) is 17.8 Å². The molecule has 0 bridgehead atoms. The SMILES string of the molecule is CNC(=O)c1cccc(-c2ccc3nnn(Cc4cccc5cccnc45)c3n2)c1. The summed E-state index contributed by atoms with van der Waals surface area (Å²) in [6, 6.07) is 21.3. The van der Waals surface area contributed by atoms with Crippen molar-refractivity contribution in [1.29, 1.82) is 0 Å². The van der Waals surface area contributed by atoms with E-state index in [1.807, 2.05) is 60.7 Å². The lowest BCUT2D eigenvalue weighted by atomic mass is 10.1. The molecule has 0 aliphatic heterocycles. The van der Waals surface area contributed by atoms with E-state index in [-0.39, 0.29) is 5.91 Å². The number of hydrogen-bond acceptors (Lipinski definition) is 5. The van der Waals surface area contributed by atoms with E-state index in [4.69, 9.17) is 4.98 Å². The Bertz CT molecular complexity index is 1390. The number of fused-ring (bicyclic) bond motifs is 2. The Morgan fingerprint density at radius 2 is 1.90 bits per heavy atom. The molecule has 0 radical (unpaired) electrons. The lowest BCUT2D eigenvalue weighted by Crippen LogP contribution is -2.17. The fourth-order valence-corrected chi connectivity index (χ4v) is 3.54. The number of hydrogen-bond donors (Lipinski definition) is 1. The van der Waals surface area contributed by atoms with Crippen LogP contribution in [0.5, 0.6) is 0 Å². The van der Waals surface area contributed by atoms with Crippen LogP contribution in [0, 0.1) is 0 Å². The molecule has 0 saturated carbocycles. The lowest BCUT2D eigenvalue weighted by Gasteiger charge is -2.07. The van der Waals surface area contributed by atoms with Gasteiger partial charge in [0.25, 0.3) is 5.91 Å². The lowest BCUT2D eigenvalue weighted by molar-refractivity contribution is 0.0963. The molecule has 3 aromatic heterocycles. The third kappa shape index (κ3) is 3.16. The monoisotopic (exact) mass is 394 g/mol. The summed E-state index contributed by atoms with van der Waals surface area (Å²) in [7, 11) is 1.62. The van der Waals surface area contributed by atoms with Crippen LogP contribution < -0.4 is 5.32 Å². The molecule has 5 rings (SSSR count). The molecule has 3 heterocycles. The summed E-state index contributed by atoms with van der Waals surface area (Å²) in [6.07, 6.45) is 1.79. The first-order chi connectivity index (χ1) is 14.7. The number of carbonyl (C=O) groups is 1. The van der Waals surface area contributed by atoms with Crippen molar-refractivity contribution in [2.24, 2.45) is 0 Å². The third-order valence-corrected chi connectivity index (χ3v) is 5.04. The molecule has 7 heteroatoms. The highest BCUT2D eigenvalue weighted by atomic mass is 16.1. The van der Waals surface area contributed by atoms with Crippen molar-refractivity contribution in [2.45, 2.75) is 6.54 Å². The zero-order valence-corrected chi connectivity index (χ0v) is 16.3. The fraction of sp³-hybridized carbons (Fsp3) is 0.0870. The van der Waals surface area contributed by atoms with Crippen molar-refractivity contribution >= 4 is 28.0 Å². The predicted octanol–water partition coefficient (Wildman–Crippen LogP) is 3.45. The van der Waals surface area contributed by atoms with Crippen LogP contribution >= 0.6 is 0 Å². The quantitative estimate of drug-likeness (QED) is 0.505.